The van der Waals surface area contributed by atoms with Gasteiger partial charge in [0.1, 0.15) is 5.75 Å². The molecule has 1 heterocycles. The Morgan fingerprint density at radius 2 is 2.40 bits per heavy atom. The van der Waals surface area contributed by atoms with E-state index >= 15 is 0 Å². The number of carboxylic acid groups (broad SMARTS) is 1. The van der Waals surface area contributed by atoms with E-state index in [9.17, 15) is 4.79 Å². The summed E-state index contributed by atoms with van der Waals surface area (Å²) in [7, 11) is 1.59. The van der Waals surface area contributed by atoms with Crippen LogP contribution in [0, 0.1) is 0 Å². The van der Waals surface area contributed by atoms with Crippen LogP contribution in [0.15, 0.2) is 23.2 Å². The Balaban J connectivity index is 2.34. The monoisotopic (exact) mass is 205 g/mol. The second-order valence-corrected chi connectivity index (χ2v) is 3.40. The largest absolute Gasteiger partial charge is 0.497 e. The van der Waals surface area contributed by atoms with Gasteiger partial charge in [-0.25, -0.2) is 4.79 Å². The molecule has 0 bridgehead atoms. The quantitative estimate of drug-likeness (QED) is 0.787. The first-order valence-corrected chi connectivity index (χ1v) is 4.63. The van der Waals surface area contributed by atoms with Gasteiger partial charge < -0.3 is 9.84 Å². The minimum absolute atomic E-state index is 0.429. The van der Waals surface area contributed by atoms with Crippen LogP contribution in [0.1, 0.15) is 11.1 Å². The Kier molecular flexibility index (Phi) is 2.41. The number of aliphatic imine (C=N–C) groups is 1. The van der Waals surface area contributed by atoms with Crippen LogP contribution in [0.4, 0.5) is 0 Å². The number of methoxy groups -OCH3 is 1. The number of aliphatic carboxylic acids is 1. The molecule has 1 unspecified atom stereocenters. The predicted molar refractivity (Wildman–Crippen MR) is 55.7 cm³/mol. The second-order valence-electron chi connectivity index (χ2n) is 3.40. The van der Waals surface area contributed by atoms with E-state index in [1.54, 1.807) is 13.3 Å². The van der Waals surface area contributed by atoms with E-state index in [0.717, 1.165) is 16.9 Å². The molecule has 0 fully saturated rings. The van der Waals surface area contributed by atoms with Crippen LogP contribution >= 0.6 is 0 Å². The summed E-state index contributed by atoms with van der Waals surface area (Å²) in [4.78, 5) is 14.7. The van der Waals surface area contributed by atoms with Crippen molar-refractivity contribution in [3.05, 3.63) is 29.3 Å². The summed E-state index contributed by atoms with van der Waals surface area (Å²) in [6.45, 7) is 0. The summed E-state index contributed by atoms with van der Waals surface area (Å²) >= 11 is 0. The maximum Gasteiger partial charge on any atom is 0.328 e. The van der Waals surface area contributed by atoms with Crippen LogP contribution in [-0.4, -0.2) is 30.4 Å². The van der Waals surface area contributed by atoms with Crippen LogP contribution < -0.4 is 4.74 Å². The van der Waals surface area contributed by atoms with Gasteiger partial charge in [0.05, 0.1) is 7.11 Å². The van der Waals surface area contributed by atoms with Crippen LogP contribution in [-0.2, 0) is 11.2 Å². The van der Waals surface area contributed by atoms with Crippen molar-refractivity contribution >= 4 is 12.2 Å². The lowest BCUT2D eigenvalue weighted by Crippen LogP contribution is -2.24. The lowest BCUT2D eigenvalue weighted by Gasteiger charge is -2.16. The van der Waals surface area contributed by atoms with Crippen molar-refractivity contribution < 1.29 is 14.6 Å². The van der Waals surface area contributed by atoms with E-state index in [-0.39, 0.29) is 0 Å². The number of hydrogen-bond acceptors (Lipinski definition) is 3. The highest BCUT2D eigenvalue weighted by atomic mass is 16.5. The van der Waals surface area contributed by atoms with Crippen molar-refractivity contribution in [2.24, 2.45) is 4.99 Å². The lowest BCUT2D eigenvalue weighted by molar-refractivity contribution is -0.138. The average Bonchev–Trinajstić information content (AvgIpc) is 2.27. The van der Waals surface area contributed by atoms with Crippen LogP contribution in [0.2, 0.25) is 0 Å². The maximum atomic E-state index is 10.8. The number of benzene rings is 1. The molecule has 1 aromatic rings. The fourth-order valence-corrected chi connectivity index (χ4v) is 1.59. The number of fused-ring (bicyclic) bond motifs is 1. The number of rotatable bonds is 2. The molecule has 0 saturated heterocycles. The van der Waals surface area contributed by atoms with E-state index in [1.807, 2.05) is 18.2 Å². The molecule has 15 heavy (non-hydrogen) atoms. The third-order valence-corrected chi connectivity index (χ3v) is 2.44. The normalized spacial score (nSPS) is 18.3. The molecular weight excluding hydrogens is 194 g/mol. The smallest absolute Gasteiger partial charge is 0.328 e. The molecule has 0 spiro atoms. The Morgan fingerprint density at radius 3 is 3.07 bits per heavy atom. The third kappa shape index (κ3) is 1.83. The van der Waals surface area contributed by atoms with Gasteiger partial charge in [0.2, 0.25) is 0 Å². The van der Waals surface area contributed by atoms with Gasteiger partial charge in [-0.15, -0.1) is 0 Å². The van der Waals surface area contributed by atoms with Gasteiger partial charge >= 0.3 is 5.97 Å². The summed E-state index contributed by atoms with van der Waals surface area (Å²) in [6.07, 6.45) is 2.04. The number of hydrogen-bond donors (Lipinski definition) is 1. The van der Waals surface area contributed by atoms with Crippen molar-refractivity contribution in [1.82, 2.24) is 0 Å². The number of carboxylic acids is 1. The van der Waals surface area contributed by atoms with E-state index in [1.165, 1.54) is 0 Å². The van der Waals surface area contributed by atoms with Crippen LogP contribution in [0.3, 0.4) is 0 Å². The maximum absolute atomic E-state index is 10.8. The highest BCUT2D eigenvalue weighted by molar-refractivity contribution is 5.87. The van der Waals surface area contributed by atoms with Crippen molar-refractivity contribution in [2.75, 3.05) is 7.11 Å². The molecule has 0 radical (unpaired) electrons. The first kappa shape index (κ1) is 9.71. The van der Waals surface area contributed by atoms with Crippen molar-refractivity contribution in [2.45, 2.75) is 12.5 Å². The molecular formula is C11H11NO3. The average molecular weight is 205 g/mol. The molecule has 0 aliphatic carbocycles. The van der Waals surface area contributed by atoms with Gasteiger partial charge in [0.15, 0.2) is 6.04 Å². The molecule has 4 heteroatoms. The Morgan fingerprint density at radius 1 is 1.60 bits per heavy atom. The van der Waals surface area contributed by atoms with Crippen molar-refractivity contribution in [3.8, 4) is 5.75 Å². The van der Waals surface area contributed by atoms with Crippen molar-refractivity contribution in [1.29, 1.82) is 0 Å². The standard InChI is InChI=1S/C11H11NO3/c1-15-9-3-2-7-6-12-10(11(13)14)5-8(7)4-9/h2-4,6,10H,5H2,1H3,(H,13,14). The molecule has 4 nitrogen and oxygen atoms in total. The summed E-state index contributed by atoms with van der Waals surface area (Å²) < 4.78 is 5.08. The lowest BCUT2D eigenvalue weighted by atomic mass is 9.98. The Hall–Kier alpha value is -1.84. The van der Waals surface area contributed by atoms with E-state index in [4.69, 9.17) is 9.84 Å². The number of nitrogens with zero attached hydrogens (tertiary/aromatic N) is 1. The van der Waals surface area contributed by atoms with Gasteiger partial charge in [-0.3, -0.25) is 4.99 Å². The van der Waals surface area contributed by atoms with Gasteiger partial charge in [0.25, 0.3) is 0 Å². The van der Waals surface area contributed by atoms with E-state index in [2.05, 4.69) is 4.99 Å². The van der Waals surface area contributed by atoms with Gasteiger partial charge in [-0.1, -0.05) is 0 Å². The molecule has 1 aromatic carbocycles. The summed E-state index contributed by atoms with van der Waals surface area (Å²) in [5.41, 5.74) is 1.94. The molecule has 0 saturated carbocycles. The fourth-order valence-electron chi connectivity index (χ4n) is 1.59. The highest BCUT2D eigenvalue weighted by Gasteiger charge is 2.21. The minimum Gasteiger partial charge on any atom is -0.497 e. The Bertz CT molecular complexity index is 426. The molecule has 78 valence electrons. The van der Waals surface area contributed by atoms with Gasteiger partial charge in [0, 0.05) is 12.6 Å². The third-order valence-electron chi connectivity index (χ3n) is 2.44. The SMILES string of the molecule is COc1ccc2c(c1)CC(C(=O)O)N=C2. The fraction of sp³-hybridized carbons (Fsp3) is 0.273. The zero-order chi connectivity index (χ0) is 10.8. The first-order valence-electron chi connectivity index (χ1n) is 4.63. The molecule has 1 aliphatic rings. The molecule has 1 atom stereocenters. The second kappa shape index (κ2) is 3.73. The molecule has 0 amide bonds. The minimum atomic E-state index is -0.889. The van der Waals surface area contributed by atoms with E-state index in [0.29, 0.717) is 6.42 Å². The zero-order valence-corrected chi connectivity index (χ0v) is 8.30. The first-order chi connectivity index (χ1) is 7.20. The summed E-state index contributed by atoms with van der Waals surface area (Å²) in [5, 5.41) is 8.85. The number of ether oxygens (including phenoxy) is 1. The molecule has 1 aliphatic heterocycles. The van der Waals surface area contributed by atoms with Crippen molar-refractivity contribution in [3.63, 3.8) is 0 Å². The van der Waals surface area contributed by atoms with Gasteiger partial charge in [-0.05, 0) is 29.3 Å². The molecule has 1 N–H and O–H groups in total. The van der Waals surface area contributed by atoms with Crippen LogP contribution in [0.5, 0.6) is 5.75 Å². The van der Waals surface area contributed by atoms with Crippen LogP contribution in [0.25, 0.3) is 0 Å². The summed E-state index contributed by atoms with van der Waals surface area (Å²) in [5.74, 6) is -0.145. The highest BCUT2D eigenvalue weighted by Crippen LogP contribution is 2.21. The topological polar surface area (TPSA) is 58.9 Å². The predicted octanol–water partition coefficient (Wildman–Crippen LogP) is 1.12. The number of carbonyl (C=O) groups is 1. The summed E-state index contributed by atoms with van der Waals surface area (Å²) in [6, 6.07) is 4.92. The molecule has 2 rings (SSSR count). The van der Waals surface area contributed by atoms with E-state index < -0.39 is 12.0 Å². The zero-order valence-electron chi connectivity index (χ0n) is 8.30. The van der Waals surface area contributed by atoms with Gasteiger partial charge in [-0.2, -0.15) is 0 Å². The molecule has 0 aromatic heterocycles. The Labute approximate surface area is 87.2 Å².